The highest BCUT2D eigenvalue weighted by Crippen LogP contribution is 2.36. The van der Waals surface area contributed by atoms with Gasteiger partial charge in [-0.05, 0) is 25.0 Å². The molecule has 0 atom stereocenters. The zero-order valence-corrected chi connectivity index (χ0v) is 15.3. The molecule has 0 spiro atoms. The molecule has 1 fully saturated rings. The summed E-state index contributed by atoms with van der Waals surface area (Å²) < 4.78 is 13.2. The molecule has 1 aliphatic carbocycles. The summed E-state index contributed by atoms with van der Waals surface area (Å²) in [6, 6.07) is 13.6. The molecule has 1 N–H and O–H groups in total. The van der Waals surface area contributed by atoms with Crippen LogP contribution in [0.2, 0.25) is 0 Å². The average molecular weight is 376 g/mol. The van der Waals surface area contributed by atoms with Crippen molar-refractivity contribution < 1.29 is 14.0 Å². The van der Waals surface area contributed by atoms with Crippen LogP contribution >= 0.6 is 0 Å². The summed E-state index contributed by atoms with van der Waals surface area (Å²) in [5.74, 6) is 2.90. The van der Waals surface area contributed by atoms with Crippen molar-refractivity contribution in [2.24, 2.45) is 0 Å². The Morgan fingerprint density at radius 1 is 1.11 bits per heavy atom. The van der Waals surface area contributed by atoms with Gasteiger partial charge in [0.05, 0.1) is 18.6 Å². The molecule has 0 aliphatic heterocycles. The van der Waals surface area contributed by atoms with Crippen molar-refractivity contribution in [2.75, 3.05) is 0 Å². The highest BCUT2D eigenvalue weighted by atomic mass is 16.5. The number of imidazole rings is 1. The molecule has 0 amide bonds. The van der Waals surface area contributed by atoms with E-state index in [2.05, 4.69) is 15.1 Å². The van der Waals surface area contributed by atoms with Crippen LogP contribution in [-0.2, 0) is 13.2 Å². The Morgan fingerprint density at radius 3 is 2.68 bits per heavy atom. The fourth-order valence-corrected chi connectivity index (χ4v) is 3.46. The number of hydrogen-bond acceptors (Lipinski definition) is 6. The maximum Gasteiger partial charge on any atom is 0.229 e. The summed E-state index contributed by atoms with van der Waals surface area (Å²) in [5, 5.41) is 13.5. The molecule has 1 saturated carbocycles. The lowest BCUT2D eigenvalue weighted by Crippen LogP contribution is -2.09. The molecule has 3 aromatic heterocycles. The Labute approximate surface area is 161 Å². The zero-order valence-electron chi connectivity index (χ0n) is 15.3. The molecule has 28 heavy (non-hydrogen) atoms. The van der Waals surface area contributed by atoms with Crippen LogP contribution in [0.15, 0.2) is 57.7 Å². The van der Waals surface area contributed by atoms with Crippen molar-refractivity contribution in [2.45, 2.75) is 38.3 Å². The van der Waals surface area contributed by atoms with E-state index in [1.54, 1.807) is 12.4 Å². The lowest BCUT2D eigenvalue weighted by Gasteiger charge is -2.20. The van der Waals surface area contributed by atoms with Crippen molar-refractivity contribution >= 4 is 0 Å². The monoisotopic (exact) mass is 376 g/mol. The summed E-state index contributed by atoms with van der Waals surface area (Å²) in [6.45, 7) is 0.283. The van der Waals surface area contributed by atoms with Gasteiger partial charge in [-0.25, -0.2) is 4.98 Å². The van der Waals surface area contributed by atoms with E-state index in [4.69, 9.17) is 8.94 Å². The van der Waals surface area contributed by atoms with Gasteiger partial charge in [-0.2, -0.15) is 4.98 Å². The quantitative estimate of drug-likeness (QED) is 0.547. The number of nitrogens with zero attached hydrogens (tertiary/aromatic N) is 4. The molecule has 1 aliphatic rings. The van der Waals surface area contributed by atoms with Gasteiger partial charge in [-0.1, -0.05) is 41.9 Å². The van der Waals surface area contributed by atoms with E-state index in [9.17, 15) is 5.11 Å². The molecule has 142 valence electrons. The van der Waals surface area contributed by atoms with Crippen LogP contribution in [-0.4, -0.2) is 24.8 Å². The number of furan rings is 1. The predicted molar refractivity (Wildman–Crippen MR) is 101 cm³/mol. The van der Waals surface area contributed by atoms with Gasteiger partial charge < -0.3 is 18.6 Å². The summed E-state index contributed by atoms with van der Waals surface area (Å²) >= 11 is 0. The lowest BCUT2D eigenvalue weighted by molar-refractivity contribution is 0.248. The van der Waals surface area contributed by atoms with Crippen LogP contribution in [0, 0.1) is 0 Å². The standard InChI is InChI=1S/C21H20N4O3/c26-12-16-9-10-17(27-16)20-19(14-5-2-1-3-6-14)22-13-25(20)11-18-23-21(28-24-18)15-7-4-8-15/h1-3,5-6,9-10,13,15,26H,4,7-8,11-12H2. The Morgan fingerprint density at radius 2 is 1.96 bits per heavy atom. The first-order chi connectivity index (χ1) is 13.8. The van der Waals surface area contributed by atoms with Crippen molar-refractivity contribution in [1.29, 1.82) is 0 Å². The second-order valence-electron chi connectivity index (χ2n) is 7.04. The van der Waals surface area contributed by atoms with Crippen LogP contribution in [0.25, 0.3) is 22.7 Å². The minimum Gasteiger partial charge on any atom is -0.457 e. The van der Waals surface area contributed by atoms with E-state index in [-0.39, 0.29) is 6.61 Å². The Hall–Kier alpha value is -3.19. The van der Waals surface area contributed by atoms with Gasteiger partial charge in [0.25, 0.3) is 0 Å². The molecule has 0 unspecified atom stereocenters. The Kier molecular flexibility index (Phi) is 4.29. The largest absolute Gasteiger partial charge is 0.457 e. The third kappa shape index (κ3) is 3.03. The molecule has 7 nitrogen and oxygen atoms in total. The molecule has 0 saturated heterocycles. The van der Waals surface area contributed by atoms with Crippen molar-refractivity contribution in [3.8, 4) is 22.7 Å². The smallest absolute Gasteiger partial charge is 0.229 e. The summed E-state index contributed by atoms with van der Waals surface area (Å²) in [7, 11) is 0. The fraction of sp³-hybridized carbons (Fsp3) is 0.286. The van der Waals surface area contributed by atoms with Crippen molar-refractivity contribution in [3.63, 3.8) is 0 Å². The second kappa shape index (κ2) is 7.09. The van der Waals surface area contributed by atoms with Gasteiger partial charge >= 0.3 is 0 Å². The van der Waals surface area contributed by atoms with E-state index in [0.29, 0.717) is 29.8 Å². The van der Waals surface area contributed by atoms with Crippen LogP contribution in [0.1, 0.15) is 42.7 Å². The number of aliphatic hydroxyl groups is 1. The normalized spacial score (nSPS) is 14.3. The molecule has 1 aromatic carbocycles. The highest BCUT2D eigenvalue weighted by molar-refractivity contribution is 5.76. The van der Waals surface area contributed by atoms with Crippen LogP contribution < -0.4 is 0 Å². The first-order valence-corrected chi connectivity index (χ1v) is 9.45. The summed E-state index contributed by atoms with van der Waals surface area (Å²) in [4.78, 5) is 9.19. The third-order valence-electron chi connectivity index (χ3n) is 5.19. The van der Waals surface area contributed by atoms with Crippen molar-refractivity contribution in [3.05, 3.63) is 66.3 Å². The average Bonchev–Trinajstić information content (AvgIpc) is 3.41. The molecule has 0 radical (unpaired) electrons. The SMILES string of the molecule is OCc1ccc(-c2c(-c3ccccc3)ncn2Cc2noc(C3CCC3)n2)o1. The van der Waals surface area contributed by atoms with E-state index in [1.165, 1.54) is 6.42 Å². The minimum atomic E-state index is -0.148. The van der Waals surface area contributed by atoms with Crippen LogP contribution in [0.4, 0.5) is 0 Å². The molecule has 4 aromatic rings. The van der Waals surface area contributed by atoms with Crippen LogP contribution in [0.5, 0.6) is 0 Å². The summed E-state index contributed by atoms with van der Waals surface area (Å²) in [6.07, 6.45) is 5.22. The number of rotatable bonds is 6. The fourth-order valence-electron chi connectivity index (χ4n) is 3.46. The highest BCUT2D eigenvalue weighted by Gasteiger charge is 2.26. The maximum atomic E-state index is 9.37. The van der Waals surface area contributed by atoms with Gasteiger partial charge in [0.1, 0.15) is 18.1 Å². The predicted octanol–water partition coefficient (Wildman–Crippen LogP) is 4.00. The van der Waals surface area contributed by atoms with Crippen molar-refractivity contribution in [1.82, 2.24) is 19.7 Å². The van der Waals surface area contributed by atoms with E-state index < -0.39 is 0 Å². The van der Waals surface area contributed by atoms with Gasteiger partial charge in [0, 0.05) is 11.5 Å². The molecule has 7 heteroatoms. The van der Waals surface area contributed by atoms with E-state index in [1.807, 2.05) is 41.0 Å². The van der Waals surface area contributed by atoms with Gasteiger partial charge in [-0.15, -0.1) is 0 Å². The summed E-state index contributed by atoms with van der Waals surface area (Å²) in [5.41, 5.74) is 2.62. The second-order valence-corrected chi connectivity index (χ2v) is 7.04. The van der Waals surface area contributed by atoms with Gasteiger partial charge in [-0.3, -0.25) is 0 Å². The van der Waals surface area contributed by atoms with Crippen LogP contribution in [0.3, 0.4) is 0 Å². The number of aliphatic hydroxyl groups excluding tert-OH is 1. The molecular weight excluding hydrogens is 356 g/mol. The first kappa shape index (κ1) is 16.9. The molecule has 5 rings (SSSR count). The van der Waals surface area contributed by atoms with Gasteiger partial charge in [0.15, 0.2) is 11.6 Å². The Bertz CT molecular complexity index is 1080. The molecule has 0 bridgehead atoms. The van der Waals surface area contributed by atoms with Gasteiger partial charge in [0.2, 0.25) is 5.89 Å². The number of benzene rings is 1. The topological polar surface area (TPSA) is 90.1 Å². The first-order valence-electron chi connectivity index (χ1n) is 9.45. The Balaban J connectivity index is 1.53. The molecule has 3 heterocycles. The zero-order chi connectivity index (χ0) is 18.9. The van der Waals surface area contributed by atoms with E-state index >= 15 is 0 Å². The number of aromatic nitrogens is 4. The third-order valence-corrected chi connectivity index (χ3v) is 5.19. The maximum absolute atomic E-state index is 9.37. The number of hydrogen-bond donors (Lipinski definition) is 1. The lowest BCUT2D eigenvalue weighted by atomic mass is 9.85. The van der Waals surface area contributed by atoms with E-state index in [0.717, 1.165) is 35.7 Å². The minimum absolute atomic E-state index is 0.148. The molecular formula is C21H20N4O3.